The van der Waals surface area contributed by atoms with E-state index in [9.17, 15) is 0 Å². The average Bonchev–Trinajstić information content (AvgIpc) is 3.73. The van der Waals surface area contributed by atoms with Gasteiger partial charge in [0, 0.05) is 11.1 Å². The second kappa shape index (κ2) is 11.3. The van der Waals surface area contributed by atoms with Crippen LogP contribution < -0.4 is 4.74 Å². The van der Waals surface area contributed by atoms with Crippen molar-refractivity contribution in [2.75, 3.05) is 0 Å². The molecule has 12 rings (SSSR count). The molecule has 2 aliphatic carbocycles. The molecule has 1 nitrogen and oxygen atoms in total. The van der Waals surface area contributed by atoms with Crippen LogP contribution in [-0.4, -0.2) is 0 Å². The normalized spacial score (nSPS) is 16.4. The SMILES string of the molecule is c1ccc(C2(c3cccc(-c4ccc5c(c4)C4(c6ccccc6O5)c5ccccc5-c5ccccc54)c3)c3ccccc3-c3ccc4ccccc4c32)cc1. The molecule has 0 radical (unpaired) electrons. The molecule has 9 aromatic rings. The van der Waals surface area contributed by atoms with E-state index in [4.69, 9.17) is 4.74 Å². The molecule has 0 amide bonds. The predicted molar refractivity (Wildman–Crippen MR) is 224 cm³/mol. The summed E-state index contributed by atoms with van der Waals surface area (Å²) in [6, 6.07) is 76.3. The fourth-order valence-corrected chi connectivity index (χ4v) is 10.5. The number of fused-ring (bicyclic) bond motifs is 14. The monoisotopic (exact) mass is 698 g/mol. The first-order valence-corrected chi connectivity index (χ1v) is 19.2. The van der Waals surface area contributed by atoms with Gasteiger partial charge in [0.05, 0.1) is 10.8 Å². The lowest BCUT2D eigenvalue weighted by Crippen LogP contribution is -2.32. The Hall–Kier alpha value is -6.96. The van der Waals surface area contributed by atoms with Crippen LogP contribution in [0.3, 0.4) is 0 Å². The van der Waals surface area contributed by atoms with Gasteiger partial charge in [-0.1, -0.05) is 182 Å². The standard InChI is InChI=1S/C54H34O/c1-2-17-38(18-3-1)53(45-24-9-8-23-43(45)44-31-29-35-15-4-5-20-40(35)52(44)53)39-19-14-16-36(33-39)37-30-32-51-49(34-37)54(48-27-12-13-28-50(48)55-51)46-25-10-6-21-41(46)42-22-7-11-26-47(42)54/h1-34H. The van der Waals surface area contributed by atoms with Crippen molar-refractivity contribution < 1.29 is 4.74 Å². The molecule has 1 heteroatoms. The Morgan fingerprint density at radius 1 is 0.309 bits per heavy atom. The summed E-state index contributed by atoms with van der Waals surface area (Å²) in [4.78, 5) is 0. The zero-order valence-corrected chi connectivity index (χ0v) is 30.0. The number of hydrogen-bond acceptors (Lipinski definition) is 1. The van der Waals surface area contributed by atoms with Crippen molar-refractivity contribution >= 4 is 10.8 Å². The molecule has 1 unspecified atom stereocenters. The number of para-hydroxylation sites is 1. The molecular weight excluding hydrogens is 665 g/mol. The molecule has 55 heavy (non-hydrogen) atoms. The minimum atomic E-state index is -0.523. The summed E-state index contributed by atoms with van der Waals surface area (Å²) in [6.45, 7) is 0. The fraction of sp³-hybridized carbons (Fsp3) is 0.0370. The van der Waals surface area contributed by atoms with E-state index < -0.39 is 10.8 Å². The molecule has 1 atom stereocenters. The summed E-state index contributed by atoms with van der Waals surface area (Å²) in [5.41, 5.74) is 16.6. The Labute approximate surface area is 320 Å². The van der Waals surface area contributed by atoms with Gasteiger partial charge in [-0.2, -0.15) is 0 Å². The minimum Gasteiger partial charge on any atom is -0.457 e. The van der Waals surface area contributed by atoms with Gasteiger partial charge in [0.15, 0.2) is 0 Å². The molecule has 0 bridgehead atoms. The third kappa shape index (κ3) is 3.92. The maximum atomic E-state index is 6.78. The molecule has 0 saturated carbocycles. The van der Waals surface area contributed by atoms with Crippen LogP contribution in [0.15, 0.2) is 206 Å². The second-order valence-corrected chi connectivity index (χ2v) is 15.1. The molecule has 1 spiro atoms. The molecule has 1 heterocycles. The first-order chi connectivity index (χ1) is 27.3. The Kier molecular flexibility index (Phi) is 6.25. The van der Waals surface area contributed by atoms with Crippen LogP contribution in [0.2, 0.25) is 0 Å². The van der Waals surface area contributed by atoms with E-state index in [-0.39, 0.29) is 0 Å². The van der Waals surface area contributed by atoms with Crippen molar-refractivity contribution in [2.24, 2.45) is 0 Å². The van der Waals surface area contributed by atoms with Gasteiger partial charge in [-0.25, -0.2) is 0 Å². The zero-order valence-electron chi connectivity index (χ0n) is 30.0. The van der Waals surface area contributed by atoms with E-state index in [1.54, 1.807) is 0 Å². The smallest absolute Gasteiger partial charge is 0.132 e. The Morgan fingerprint density at radius 2 is 0.873 bits per heavy atom. The average molecular weight is 699 g/mol. The van der Waals surface area contributed by atoms with Crippen LogP contribution in [0.25, 0.3) is 44.2 Å². The van der Waals surface area contributed by atoms with E-state index in [1.165, 1.54) is 83.1 Å². The van der Waals surface area contributed by atoms with Crippen molar-refractivity contribution in [1.82, 2.24) is 0 Å². The van der Waals surface area contributed by atoms with Crippen molar-refractivity contribution in [3.05, 3.63) is 251 Å². The minimum absolute atomic E-state index is 0.515. The number of ether oxygens (including phenoxy) is 1. The van der Waals surface area contributed by atoms with Crippen molar-refractivity contribution in [3.8, 4) is 44.9 Å². The molecule has 3 aliphatic rings. The zero-order chi connectivity index (χ0) is 36.1. The van der Waals surface area contributed by atoms with Crippen molar-refractivity contribution in [1.29, 1.82) is 0 Å². The van der Waals surface area contributed by atoms with Gasteiger partial charge in [0.25, 0.3) is 0 Å². The summed E-state index contributed by atoms with van der Waals surface area (Å²) in [5, 5.41) is 2.54. The van der Waals surface area contributed by atoms with Gasteiger partial charge in [-0.05, 0) is 102 Å². The highest BCUT2D eigenvalue weighted by molar-refractivity contribution is 6.00. The molecule has 0 N–H and O–H groups in total. The Balaban J connectivity index is 1.13. The molecule has 256 valence electrons. The molecule has 1 aliphatic heterocycles. The fourth-order valence-electron chi connectivity index (χ4n) is 10.5. The van der Waals surface area contributed by atoms with Crippen LogP contribution in [0, 0.1) is 0 Å². The van der Waals surface area contributed by atoms with Gasteiger partial charge in [-0.3, -0.25) is 0 Å². The number of benzene rings is 9. The van der Waals surface area contributed by atoms with Crippen molar-refractivity contribution in [3.63, 3.8) is 0 Å². The van der Waals surface area contributed by atoms with Crippen LogP contribution in [-0.2, 0) is 10.8 Å². The van der Waals surface area contributed by atoms with E-state index in [0.717, 1.165) is 17.1 Å². The highest BCUT2D eigenvalue weighted by Gasteiger charge is 2.51. The van der Waals surface area contributed by atoms with E-state index in [2.05, 4.69) is 206 Å². The van der Waals surface area contributed by atoms with Crippen LogP contribution in [0.4, 0.5) is 0 Å². The van der Waals surface area contributed by atoms with Gasteiger partial charge in [0.2, 0.25) is 0 Å². The first kappa shape index (κ1) is 30.5. The quantitative estimate of drug-likeness (QED) is 0.178. The lowest BCUT2D eigenvalue weighted by atomic mass is 9.65. The van der Waals surface area contributed by atoms with Gasteiger partial charge >= 0.3 is 0 Å². The Bertz CT molecular complexity index is 2980. The third-order valence-corrected chi connectivity index (χ3v) is 12.6. The van der Waals surface area contributed by atoms with Crippen LogP contribution in [0.1, 0.15) is 44.5 Å². The predicted octanol–water partition coefficient (Wildman–Crippen LogP) is 13.3. The van der Waals surface area contributed by atoms with Crippen molar-refractivity contribution in [2.45, 2.75) is 10.8 Å². The summed E-state index contributed by atoms with van der Waals surface area (Å²) < 4.78 is 6.78. The highest BCUT2D eigenvalue weighted by atomic mass is 16.5. The van der Waals surface area contributed by atoms with E-state index in [0.29, 0.717) is 0 Å². The van der Waals surface area contributed by atoms with Gasteiger partial charge in [-0.15, -0.1) is 0 Å². The van der Waals surface area contributed by atoms with Gasteiger partial charge in [0.1, 0.15) is 11.5 Å². The van der Waals surface area contributed by atoms with E-state index >= 15 is 0 Å². The van der Waals surface area contributed by atoms with E-state index in [1.807, 2.05) is 0 Å². The lowest BCUT2D eigenvalue weighted by Gasteiger charge is -2.39. The van der Waals surface area contributed by atoms with Gasteiger partial charge < -0.3 is 4.74 Å². The van der Waals surface area contributed by atoms with Crippen LogP contribution in [0.5, 0.6) is 11.5 Å². The first-order valence-electron chi connectivity index (χ1n) is 19.2. The molecule has 0 saturated heterocycles. The number of hydrogen-bond donors (Lipinski definition) is 0. The molecule has 0 fully saturated rings. The second-order valence-electron chi connectivity index (χ2n) is 15.1. The summed E-state index contributed by atoms with van der Waals surface area (Å²) in [6.07, 6.45) is 0. The Morgan fingerprint density at radius 3 is 1.64 bits per heavy atom. The van der Waals surface area contributed by atoms with Crippen LogP contribution >= 0.6 is 0 Å². The largest absolute Gasteiger partial charge is 0.457 e. The molecule has 0 aromatic heterocycles. The lowest BCUT2D eigenvalue weighted by molar-refractivity contribution is 0.436. The topological polar surface area (TPSA) is 9.23 Å². The summed E-state index contributed by atoms with van der Waals surface area (Å²) in [5.74, 6) is 1.81. The molecule has 9 aromatic carbocycles. The maximum absolute atomic E-state index is 6.78. The maximum Gasteiger partial charge on any atom is 0.132 e. The number of rotatable bonds is 3. The highest BCUT2D eigenvalue weighted by Crippen LogP contribution is 2.63. The summed E-state index contributed by atoms with van der Waals surface area (Å²) >= 11 is 0. The molecular formula is C54H34O. The summed E-state index contributed by atoms with van der Waals surface area (Å²) in [7, 11) is 0. The third-order valence-electron chi connectivity index (χ3n) is 12.6.